The van der Waals surface area contributed by atoms with Gasteiger partial charge in [-0.25, -0.2) is 0 Å². The Labute approximate surface area is 193 Å². The lowest BCUT2D eigenvalue weighted by atomic mass is 10.1. The number of halogens is 2. The summed E-state index contributed by atoms with van der Waals surface area (Å²) >= 11 is 12.6. The second-order valence-electron chi connectivity index (χ2n) is 7.52. The van der Waals surface area contributed by atoms with Crippen molar-refractivity contribution in [1.29, 1.82) is 0 Å². The summed E-state index contributed by atoms with van der Waals surface area (Å²) in [5.74, 6) is 2.10. The fourth-order valence-electron chi connectivity index (χ4n) is 3.91. The predicted molar refractivity (Wildman–Crippen MR) is 124 cm³/mol. The molecule has 4 aromatic rings. The molecule has 0 unspecified atom stereocenters. The summed E-state index contributed by atoms with van der Waals surface area (Å²) in [5, 5.41) is 5.55. The van der Waals surface area contributed by atoms with Gasteiger partial charge in [-0.3, -0.25) is 9.88 Å². The van der Waals surface area contributed by atoms with Crippen molar-refractivity contribution in [3.05, 3.63) is 46.4 Å². The number of hydrogen-bond acceptors (Lipinski definition) is 9. The Kier molecular flexibility index (Phi) is 5.50. The molecule has 1 aliphatic rings. The second kappa shape index (κ2) is 8.45. The quantitative estimate of drug-likeness (QED) is 0.449. The number of aromatic nitrogens is 5. The van der Waals surface area contributed by atoms with Crippen LogP contribution in [-0.2, 0) is 6.42 Å². The average molecular weight is 474 g/mol. The maximum Gasteiger partial charge on any atom is 0.256 e. The lowest BCUT2D eigenvalue weighted by Gasteiger charge is -2.36. The Morgan fingerprint density at radius 2 is 1.78 bits per heavy atom. The van der Waals surface area contributed by atoms with Crippen LogP contribution in [-0.4, -0.2) is 62.2 Å². The maximum absolute atomic E-state index is 6.38. The number of fused-ring (bicyclic) bond motifs is 1. The van der Waals surface area contributed by atoms with E-state index in [2.05, 4.69) is 29.9 Å². The highest BCUT2D eigenvalue weighted by Crippen LogP contribution is 2.33. The Morgan fingerprint density at radius 1 is 1.03 bits per heavy atom. The molecular formula is C20H21Cl2N9O. The predicted octanol–water partition coefficient (Wildman–Crippen LogP) is 2.62. The van der Waals surface area contributed by atoms with Crippen LogP contribution in [0.5, 0.6) is 0 Å². The molecule has 12 heteroatoms. The Morgan fingerprint density at radius 3 is 2.47 bits per heavy atom. The van der Waals surface area contributed by atoms with Gasteiger partial charge < -0.3 is 20.8 Å². The third-order valence-electron chi connectivity index (χ3n) is 5.59. The Hall–Kier alpha value is -3.08. The Balaban J connectivity index is 1.28. The third kappa shape index (κ3) is 3.81. The first-order valence-electron chi connectivity index (χ1n) is 10.1. The van der Waals surface area contributed by atoms with Crippen molar-refractivity contribution in [2.75, 3.05) is 49.1 Å². The highest BCUT2D eigenvalue weighted by molar-refractivity contribution is 6.38. The molecule has 166 valence electrons. The van der Waals surface area contributed by atoms with E-state index in [1.54, 1.807) is 30.8 Å². The number of pyridine rings is 1. The van der Waals surface area contributed by atoms with E-state index in [1.165, 1.54) is 4.52 Å². The van der Waals surface area contributed by atoms with Gasteiger partial charge in [0.05, 0.1) is 22.0 Å². The number of furan rings is 1. The highest BCUT2D eigenvalue weighted by atomic mass is 35.5. The summed E-state index contributed by atoms with van der Waals surface area (Å²) in [6.07, 6.45) is 5.44. The lowest BCUT2D eigenvalue weighted by Crippen LogP contribution is -2.47. The van der Waals surface area contributed by atoms with Crippen molar-refractivity contribution >= 4 is 46.3 Å². The fourth-order valence-corrected chi connectivity index (χ4v) is 4.51. The van der Waals surface area contributed by atoms with E-state index >= 15 is 0 Å². The van der Waals surface area contributed by atoms with Crippen LogP contribution in [0.1, 0.15) is 5.56 Å². The van der Waals surface area contributed by atoms with Gasteiger partial charge in [0, 0.05) is 50.7 Å². The monoisotopic (exact) mass is 473 g/mol. The number of nitrogens with two attached hydrogens (primary N) is 2. The van der Waals surface area contributed by atoms with Gasteiger partial charge in [0.15, 0.2) is 5.76 Å². The largest absolute Gasteiger partial charge is 0.461 e. The first kappa shape index (κ1) is 20.8. The normalized spacial score (nSPS) is 15.0. The van der Waals surface area contributed by atoms with Crippen molar-refractivity contribution in [2.45, 2.75) is 6.42 Å². The topological polar surface area (TPSA) is 128 Å². The summed E-state index contributed by atoms with van der Waals surface area (Å²) < 4.78 is 6.87. The molecule has 0 aliphatic carbocycles. The zero-order valence-electron chi connectivity index (χ0n) is 17.1. The molecule has 1 fully saturated rings. The number of hydrogen-bond donors (Lipinski definition) is 2. The molecule has 0 saturated carbocycles. The van der Waals surface area contributed by atoms with Crippen LogP contribution in [0.4, 0.5) is 17.3 Å². The van der Waals surface area contributed by atoms with E-state index in [9.17, 15) is 0 Å². The van der Waals surface area contributed by atoms with E-state index in [0.717, 1.165) is 44.0 Å². The van der Waals surface area contributed by atoms with Gasteiger partial charge in [0.25, 0.3) is 5.78 Å². The molecule has 1 saturated heterocycles. The molecular weight excluding hydrogens is 453 g/mol. The van der Waals surface area contributed by atoms with Gasteiger partial charge in [0.2, 0.25) is 5.82 Å². The fraction of sp³-hybridized carbons (Fsp3) is 0.300. The van der Waals surface area contributed by atoms with Gasteiger partial charge in [-0.1, -0.05) is 23.2 Å². The summed E-state index contributed by atoms with van der Waals surface area (Å²) in [4.78, 5) is 17.3. The van der Waals surface area contributed by atoms with Crippen molar-refractivity contribution in [1.82, 2.24) is 29.5 Å². The number of piperazine rings is 1. The van der Waals surface area contributed by atoms with Crippen LogP contribution in [0.2, 0.25) is 10.0 Å². The number of anilines is 3. The smallest absolute Gasteiger partial charge is 0.256 e. The number of rotatable bonds is 5. The van der Waals surface area contributed by atoms with E-state index in [4.69, 9.17) is 39.1 Å². The molecule has 0 amide bonds. The molecule has 4 aromatic heterocycles. The second-order valence-corrected chi connectivity index (χ2v) is 8.33. The van der Waals surface area contributed by atoms with E-state index in [1.807, 2.05) is 0 Å². The summed E-state index contributed by atoms with van der Waals surface area (Å²) in [6.45, 7) is 4.11. The van der Waals surface area contributed by atoms with Crippen LogP contribution < -0.4 is 16.4 Å². The molecule has 4 N–H and O–H groups in total. The van der Waals surface area contributed by atoms with Crippen LogP contribution in [0, 0.1) is 0 Å². The zero-order chi connectivity index (χ0) is 22.2. The van der Waals surface area contributed by atoms with Gasteiger partial charge in [-0.15, -0.1) is 5.10 Å². The Bertz CT molecular complexity index is 1230. The molecule has 5 heterocycles. The minimum absolute atomic E-state index is 0.342. The summed E-state index contributed by atoms with van der Waals surface area (Å²) in [7, 11) is 0. The van der Waals surface area contributed by atoms with Gasteiger partial charge >= 0.3 is 0 Å². The van der Waals surface area contributed by atoms with Crippen molar-refractivity contribution < 1.29 is 4.42 Å². The first-order valence-corrected chi connectivity index (χ1v) is 10.9. The molecule has 0 spiro atoms. The summed E-state index contributed by atoms with van der Waals surface area (Å²) in [5.41, 5.74) is 14.2. The van der Waals surface area contributed by atoms with Gasteiger partial charge in [0.1, 0.15) is 11.6 Å². The molecule has 0 bridgehead atoms. The number of nitrogens with zero attached hydrogens (tertiary/aromatic N) is 7. The maximum atomic E-state index is 6.38. The zero-order valence-corrected chi connectivity index (χ0v) is 18.6. The third-order valence-corrected chi connectivity index (χ3v) is 6.15. The molecule has 10 nitrogen and oxygen atoms in total. The van der Waals surface area contributed by atoms with E-state index < -0.39 is 0 Å². The molecule has 1 aliphatic heterocycles. The molecule has 0 radical (unpaired) electrons. The van der Waals surface area contributed by atoms with Crippen molar-refractivity contribution in [2.24, 2.45) is 0 Å². The first-order chi connectivity index (χ1) is 15.5. The van der Waals surface area contributed by atoms with Gasteiger partial charge in [-0.05, 0) is 18.6 Å². The molecule has 0 atom stereocenters. The van der Waals surface area contributed by atoms with Gasteiger partial charge in [-0.2, -0.15) is 14.5 Å². The van der Waals surface area contributed by atoms with Crippen molar-refractivity contribution in [3.63, 3.8) is 0 Å². The van der Waals surface area contributed by atoms with Crippen LogP contribution in [0.3, 0.4) is 0 Å². The van der Waals surface area contributed by atoms with Crippen LogP contribution in [0.25, 0.3) is 17.4 Å². The SMILES string of the molecule is Nc1nc2nc(-c3ccco3)nn2c(N)c1CCN1CCN(c2c(Cl)cncc2Cl)CC1. The highest BCUT2D eigenvalue weighted by Gasteiger charge is 2.22. The number of nitrogen functional groups attached to an aromatic ring is 2. The standard InChI is InChI=1S/C20H21Cl2N9O/c21-13-10-25-11-14(22)16(13)30-7-5-29(6-8-30)4-3-12-17(23)26-20-27-19(15-2-1-9-32-15)28-31(20)18(12)24/h1-2,9-11H,3-8,24H2,(H2,23,26,27,28). The molecule has 5 rings (SSSR count). The van der Waals surface area contributed by atoms with Crippen molar-refractivity contribution in [3.8, 4) is 11.6 Å². The minimum Gasteiger partial charge on any atom is -0.461 e. The molecule has 32 heavy (non-hydrogen) atoms. The van der Waals surface area contributed by atoms with Crippen LogP contribution in [0.15, 0.2) is 35.2 Å². The van der Waals surface area contributed by atoms with Crippen LogP contribution >= 0.6 is 23.2 Å². The van der Waals surface area contributed by atoms with E-state index in [-0.39, 0.29) is 0 Å². The average Bonchev–Trinajstić information content (AvgIpc) is 3.44. The summed E-state index contributed by atoms with van der Waals surface area (Å²) in [6, 6.07) is 3.55. The minimum atomic E-state index is 0.342. The molecule has 0 aromatic carbocycles. The van der Waals surface area contributed by atoms with E-state index in [0.29, 0.717) is 45.5 Å². The lowest BCUT2D eigenvalue weighted by molar-refractivity contribution is 0.261.